The van der Waals surface area contributed by atoms with Crippen molar-refractivity contribution in [2.24, 2.45) is 0 Å². The van der Waals surface area contributed by atoms with Crippen molar-refractivity contribution in [2.45, 2.75) is 19.9 Å². The number of aryl methyl sites for hydroxylation is 1. The minimum absolute atomic E-state index is 0.00765. The first-order valence-corrected chi connectivity index (χ1v) is 10.1. The van der Waals surface area contributed by atoms with Crippen molar-refractivity contribution >= 4 is 45.4 Å². The molecule has 0 unspecified atom stereocenters. The highest BCUT2D eigenvalue weighted by Gasteiger charge is 2.29. The van der Waals surface area contributed by atoms with Gasteiger partial charge in [-0.3, -0.25) is 5.32 Å². The molecule has 0 aliphatic carbocycles. The van der Waals surface area contributed by atoms with Gasteiger partial charge in [0.1, 0.15) is 5.52 Å². The van der Waals surface area contributed by atoms with Crippen LogP contribution in [-0.2, 0) is 4.84 Å². The number of hydroxylamine groups is 2. The van der Waals surface area contributed by atoms with E-state index >= 15 is 0 Å². The number of rotatable bonds is 4. The molecule has 1 amide bonds. The normalized spacial score (nSPS) is 17.2. The predicted molar refractivity (Wildman–Crippen MR) is 111 cm³/mol. The van der Waals surface area contributed by atoms with Crippen LogP contribution in [0.4, 0.5) is 22.4 Å². The molecule has 30 heavy (non-hydrogen) atoms. The second-order valence-corrected chi connectivity index (χ2v) is 7.53. The van der Waals surface area contributed by atoms with E-state index < -0.39 is 6.09 Å². The quantitative estimate of drug-likeness (QED) is 0.619. The first-order chi connectivity index (χ1) is 14.4. The Kier molecular flexibility index (Phi) is 5.46. The topological polar surface area (TPSA) is 145 Å². The number of methoxy groups -OCH3 is 1. The van der Waals surface area contributed by atoms with Gasteiger partial charge in [-0.1, -0.05) is 0 Å². The third-order valence-electron chi connectivity index (χ3n) is 4.63. The molecule has 12 nitrogen and oxygen atoms in total. The van der Waals surface area contributed by atoms with Crippen LogP contribution in [0.15, 0.2) is 11.7 Å². The fourth-order valence-electron chi connectivity index (χ4n) is 3.20. The van der Waals surface area contributed by atoms with Crippen LogP contribution in [0.2, 0.25) is 0 Å². The third kappa shape index (κ3) is 4.02. The number of fused-ring (bicyclic) bond motifs is 1. The van der Waals surface area contributed by atoms with E-state index in [4.69, 9.17) is 15.3 Å². The lowest BCUT2D eigenvalue weighted by atomic mass is 10.2. The van der Waals surface area contributed by atoms with Crippen LogP contribution in [0.5, 0.6) is 5.88 Å². The number of nitrogens with two attached hydrogens (primary N) is 1. The zero-order valence-corrected chi connectivity index (χ0v) is 17.5. The number of nitrogens with zero attached hydrogens (tertiary/aromatic N) is 7. The number of carbonyl (C=O) groups excluding carboxylic acids is 1. The van der Waals surface area contributed by atoms with Crippen LogP contribution in [0.3, 0.4) is 0 Å². The Bertz CT molecular complexity index is 1080. The number of anilines is 3. The van der Waals surface area contributed by atoms with E-state index in [9.17, 15) is 4.79 Å². The SMILES string of the molecule is COc1cnc(NC(=O)ON2CCN(c3nc(N)nc4scnc34)[C@@H](C)C2)c(C)n1. The summed E-state index contributed by atoms with van der Waals surface area (Å²) in [7, 11) is 1.50. The lowest BCUT2D eigenvalue weighted by Crippen LogP contribution is -2.53. The molecule has 0 aromatic carbocycles. The van der Waals surface area contributed by atoms with E-state index in [-0.39, 0.29) is 12.0 Å². The molecular formula is C17H21N9O3S. The third-order valence-corrected chi connectivity index (χ3v) is 5.34. The van der Waals surface area contributed by atoms with Gasteiger partial charge in [-0.2, -0.15) is 4.98 Å². The average molecular weight is 431 g/mol. The molecule has 0 saturated carbocycles. The summed E-state index contributed by atoms with van der Waals surface area (Å²) in [5, 5.41) is 4.21. The molecule has 3 aromatic rings. The minimum atomic E-state index is -0.633. The first-order valence-electron chi connectivity index (χ1n) is 9.19. The first kappa shape index (κ1) is 20.0. The molecule has 0 radical (unpaired) electrons. The summed E-state index contributed by atoms with van der Waals surface area (Å²) >= 11 is 1.42. The van der Waals surface area contributed by atoms with E-state index in [1.165, 1.54) is 24.6 Å². The number of thiazole rings is 1. The number of hydrogen-bond acceptors (Lipinski definition) is 12. The number of aromatic nitrogens is 5. The Morgan fingerprint density at radius 3 is 2.87 bits per heavy atom. The highest BCUT2D eigenvalue weighted by Crippen LogP contribution is 2.28. The summed E-state index contributed by atoms with van der Waals surface area (Å²) < 4.78 is 5.01. The van der Waals surface area contributed by atoms with Gasteiger partial charge in [0.15, 0.2) is 16.5 Å². The molecule has 1 fully saturated rings. The lowest BCUT2D eigenvalue weighted by molar-refractivity contribution is -0.103. The smallest absolute Gasteiger partial charge is 0.432 e. The molecular weight excluding hydrogens is 410 g/mol. The summed E-state index contributed by atoms with van der Waals surface area (Å²) in [6.07, 6.45) is 0.794. The summed E-state index contributed by atoms with van der Waals surface area (Å²) in [5.74, 6) is 1.59. The van der Waals surface area contributed by atoms with Crippen molar-refractivity contribution in [1.29, 1.82) is 0 Å². The Labute approximate surface area is 176 Å². The van der Waals surface area contributed by atoms with Gasteiger partial charge in [-0.15, -0.1) is 16.4 Å². The standard InChI is InChI=1S/C17H21N9O3S/c1-9-7-25(29-17(27)22-13-10(2)21-11(28-3)6-19-13)4-5-26(9)14-12-15(30-8-20-12)24-16(18)23-14/h6,8-9H,4-5,7H2,1-3H3,(H2,18,23,24)(H,19,22,27)/t9-/m0/s1. The summed E-state index contributed by atoms with van der Waals surface area (Å²) in [6, 6.07) is 0.00765. The van der Waals surface area contributed by atoms with Crippen LogP contribution in [0.1, 0.15) is 12.6 Å². The second kappa shape index (κ2) is 8.20. The Morgan fingerprint density at radius 2 is 2.13 bits per heavy atom. The van der Waals surface area contributed by atoms with Crippen LogP contribution in [-0.4, -0.2) is 68.9 Å². The van der Waals surface area contributed by atoms with Crippen LogP contribution < -0.4 is 20.7 Å². The molecule has 1 atom stereocenters. The molecule has 1 saturated heterocycles. The van der Waals surface area contributed by atoms with Gasteiger partial charge in [0.25, 0.3) is 0 Å². The minimum Gasteiger partial charge on any atom is -0.480 e. The van der Waals surface area contributed by atoms with Crippen LogP contribution in [0.25, 0.3) is 10.3 Å². The van der Waals surface area contributed by atoms with Crippen molar-refractivity contribution < 1.29 is 14.4 Å². The average Bonchev–Trinajstić information content (AvgIpc) is 3.17. The summed E-state index contributed by atoms with van der Waals surface area (Å²) in [6.45, 7) is 5.29. The maximum Gasteiger partial charge on any atom is 0.432 e. The van der Waals surface area contributed by atoms with Gasteiger partial charge in [0.2, 0.25) is 11.8 Å². The van der Waals surface area contributed by atoms with Gasteiger partial charge >= 0.3 is 6.09 Å². The molecule has 158 valence electrons. The number of amides is 1. The van der Waals surface area contributed by atoms with E-state index in [2.05, 4.69) is 35.1 Å². The lowest BCUT2D eigenvalue weighted by Gasteiger charge is -2.39. The monoisotopic (exact) mass is 431 g/mol. The zero-order valence-electron chi connectivity index (χ0n) is 16.7. The molecule has 1 aliphatic rings. The maximum atomic E-state index is 12.3. The van der Waals surface area contributed by atoms with Crippen molar-refractivity contribution in [1.82, 2.24) is 30.0 Å². The second-order valence-electron chi connectivity index (χ2n) is 6.69. The van der Waals surface area contributed by atoms with E-state index in [0.29, 0.717) is 42.8 Å². The van der Waals surface area contributed by atoms with Gasteiger partial charge < -0.3 is 20.2 Å². The Morgan fingerprint density at radius 1 is 1.30 bits per heavy atom. The van der Waals surface area contributed by atoms with Crippen LogP contribution in [0, 0.1) is 6.92 Å². The maximum absolute atomic E-state index is 12.3. The number of nitrogens with one attached hydrogen (secondary N) is 1. The summed E-state index contributed by atoms with van der Waals surface area (Å²) in [5.41, 5.74) is 8.83. The fraction of sp³-hybridized carbons (Fsp3) is 0.412. The molecule has 0 spiro atoms. The van der Waals surface area contributed by atoms with Gasteiger partial charge in [-0.05, 0) is 13.8 Å². The molecule has 4 heterocycles. The van der Waals surface area contributed by atoms with Crippen molar-refractivity contribution in [3.05, 3.63) is 17.4 Å². The van der Waals surface area contributed by atoms with E-state index in [0.717, 1.165) is 10.3 Å². The van der Waals surface area contributed by atoms with Gasteiger partial charge in [0.05, 0.1) is 37.6 Å². The number of carbonyl (C=O) groups is 1. The Hall–Kier alpha value is -3.32. The van der Waals surface area contributed by atoms with E-state index in [1.807, 2.05) is 6.92 Å². The van der Waals surface area contributed by atoms with Gasteiger partial charge in [0, 0.05) is 12.6 Å². The number of nitrogen functional groups attached to an aromatic ring is 1. The molecule has 0 bridgehead atoms. The fourth-order valence-corrected chi connectivity index (χ4v) is 3.86. The van der Waals surface area contributed by atoms with Gasteiger partial charge in [-0.25, -0.2) is 24.7 Å². The molecule has 1 aliphatic heterocycles. The van der Waals surface area contributed by atoms with Crippen molar-refractivity contribution in [3.8, 4) is 5.88 Å². The molecule has 3 N–H and O–H groups in total. The number of piperazine rings is 1. The van der Waals surface area contributed by atoms with Crippen molar-refractivity contribution in [2.75, 3.05) is 42.7 Å². The molecule has 3 aromatic heterocycles. The Balaban J connectivity index is 1.39. The van der Waals surface area contributed by atoms with Crippen molar-refractivity contribution in [3.63, 3.8) is 0 Å². The van der Waals surface area contributed by atoms with Crippen LogP contribution >= 0.6 is 11.3 Å². The van der Waals surface area contributed by atoms with E-state index in [1.54, 1.807) is 17.5 Å². The highest BCUT2D eigenvalue weighted by atomic mass is 32.1. The number of ether oxygens (including phenoxy) is 1. The molecule has 4 rings (SSSR count). The zero-order chi connectivity index (χ0) is 21.3. The number of hydrogen-bond donors (Lipinski definition) is 2. The predicted octanol–water partition coefficient (Wildman–Crippen LogP) is 1.45. The molecule has 13 heteroatoms. The largest absolute Gasteiger partial charge is 0.480 e. The highest BCUT2D eigenvalue weighted by molar-refractivity contribution is 7.16. The summed E-state index contributed by atoms with van der Waals surface area (Å²) in [4.78, 5) is 41.9.